The molecule has 6 heteroatoms. The SMILES string of the molecule is COc1c(C)cc(C)cc1/C(O)=C1\C(=O)C(=O)N(C2CCCC2)C1c1c[nH]c2ccccc12. The first-order valence-electron chi connectivity index (χ1n) is 11.4. The number of nitrogens with one attached hydrogen (secondary N) is 1. The van der Waals surface area contributed by atoms with Crippen molar-refractivity contribution in [3.63, 3.8) is 0 Å². The number of nitrogens with zero attached hydrogens (tertiary/aromatic N) is 1. The van der Waals surface area contributed by atoms with Crippen LogP contribution in [0, 0.1) is 13.8 Å². The van der Waals surface area contributed by atoms with Gasteiger partial charge in [0.2, 0.25) is 0 Å². The molecule has 3 aromatic rings. The Balaban J connectivity index is 1.78. The summed E-state index contributed by atoms with van der Waals surface area (Å²) in [5.41, 5.74) is 4.09. The average Bonchev–Trinajstić information content (AvgIpc) is 3.52. The Morgan fingerprint density at radius 1 is 1.12 bits per heavy atom. The van der Waals surface area contributed by atoms with Gasteiger partial charge < -0.3 is 19.7 Å². The molecule has 1 saturated carbocycles. The van der Waals surface area contributed by atoms with Crippen LogP contribution in [0.5, 0.6) is 5.75 Å². The zero-order chi connectivity index (χ0) is 23.3. The van der Waals surface area contributed by atoms with Crippen molar-refractivity contribution >= 4 is 28.4 Å². The Hall–Kier alpha value is -3.54. The van der Waals surface area contributed by atoms with Gasteiger partial charge in [0.25, 0.3) is 11.7 Å². The third kappa shape index (κ3) is 3.32. The standard InChI is InChI=1S/C27H28N2O4/c1-15-12-16(2)26(33-3)19(13-15)24(30)22-23(20-14-28-21-11-7-6-10-18(20)21)29(27(32)25(22)31)17-8-4-5-9-17/h6-7,10-14,17,23,28,30H,4-5,8-9H2,1-3H3/b24-22+. The van der Waals surface area contributed by atoms with Crippen LogP contribution in [-0.2, 0) is 9.59 Å². The number of aryl methyl sites for hydroxylation is 2. The highest BCUT2D eigenvalue weighted by Gasteiger charge is 2.50. The second-order valence-corrected chi connectivity index (χ2v) is 9.10. The molecular formula is C27H28N2O4. The first-order chi connectivity index (χ1) is 15.9. The summed E-state index contributed by atoms with van der Waals surface area (Å²) in [4.78, 5) is 31.8. The van der Waals surface area contributed by atoms with Crippen molar-refractivity contribution in [1.82, 2.24) is 9.88 Å². The van der Waals surface area contributed by atoms with Crippen molar-refractivity contribution in [3.05, 3.63) is 70.4 Å². The molecule has 0 spiro atoms. The van der Waals surface area contributed by atoms with Crippen molar-refractivity contribution in [3.8, 4) is 5.75 Å². The third-order valence-electron chi connectivity index (χ3n) is 6.99. The van der Waals surface area contributed by atoms with Crippen LogP contribution in [0.1, 0.15) is 54.0 Å². The number of aliphatic hydroxyl groups is 1. The maximum Gasteiger partial charge on any atom is 0.295 e. The highest BCUT2D eigenvalue weighted by atomic mass is 16.5. The zero-order valence-corrected chi connectivity index (χ0v) is 19.1. The van der Waals surface area contributed by atoms with Crippen molar-refractivity contribution in [2.75, 3.05) is 7.11 Å². The van der Waals surface area contributed by atoms with Crippen LogP contribution in [0.25, 0.3) is 16.7 Å². The van der Waals surface area contributed by atoms with Crippen molar-refractivity contribution < 1.29 is 19.4 Å². The van der Waals surface area contributed by atoms with E-state index in [9.17, 15) is 14.7 Å². The van der Waals surface area contributed by atoms with Crippen LogP contribution in [-0.4, -0.2) is 39.8 Å². The number of rotatable bonds is 4. The summed E-state index contributed by atoms with van der Waals surface area (Å²) in [5.74, 6) is -0.867. The van der Waals surface area contributed by atoms with E-state index in [0.29, 0.717) is 11.3 Å². The van der Waals surface area contributed by atoms with Crippen LogP contribution in [0.15, 0.2) is 48.2 Å². The second-order valence-electron chi connectivity index (χ2n) is 9.10. The fourth-order valence-electron chi connectivity index (χ4n) is 5.58. The van der Waals surface area contributed by atoms with Gasteiger partial charge >= 0.3 is 0 Å². The number of aliphatic hydroxyl groups excluding tert-OH is 1. The fraction of sp³-hybridized carbons (Fsp3) is 0.333. The van der Waals surface area contributed by atoms with E-state index in [1.807, 2.05) is 50.4 Å². The Bertz CT molecular complexity index is 1300. The van der Waals surface area contributed by atoms with E-state index in [2.05, 4.69) is 4.98 Å². The number of aromatic amines is 1. The minimum absolute atomic E-state index is 0.0217. The second kappa shape index (κ2) is 8.10. The van der Waals surface area contributed by atoms with Crippen LogP contribution < -0.4 is 4.74 Å². The quantitative estimate of drug-likeness (QED) is 0.331. The van der Waals surface area contributed by atoms with E-state index >= 15 is 0 Å². The van der Waals surface area contributed by atoms with Crippen molar-refractivity contribution in [2.24, 2.45) is 0 Å². The van der Waals surface area contributed by atoms with Gasteiger partial charge in [-0.1, -0.05) is 37.1 Å². The number of carbonyl (C=O) groups is 2. The van der Waals surface area contributed by atoms with Gasteiger partial charge in [-0.2, -0.15) is 0 Å². The molecule has 1 aliphatic carbocycles. The maximum atomic E-state index is 13.4. The number of hydrogen-bond acceptors (Lipinski definition) is 4. The summed E-state index contributed by atoms with van der Waals surface area (Å²) < 4.78 is 5.59. The largest absolute Gasteiger partial charge is 0.507 e. The van der Waals surface area contributed by atoms with Gasteiger partial charge in [0.1, 0.15) is 11.5 Å². The molecule has 1 aliphatic heterocycles. The van der Waals surface area contributed by atoms with Crippen LogP contribution in [0.4, 0.5) is 0 Å². The number of para-hydroxylation sites is 1. The zero-order valence-electron chi connectivity index (χ0n) is 19.1. The number of fused-ring (bicyclic) bond motifs is 1. The van der Waals surface area contributed by atoms with Crippen LogP contribution in [0.3, 0.4) is 0 Å². The Kier molecular flexibility index (Phi) is 5.23. The molecule has 0 radical (unpaired) electrons. The summed E-state index contributed by atoms with van der Waals surface area (Å²) in [5, 5.41) is 12.5. The molecule has 33 heavy (non-hydrogen) atoms. The van der Waals surface area contributed by atoms with Gasteiger partial charge in [-0.15, -0.1) is 0 Å². The molecule has 170 valence electrons. The van der Waals surface area contributed by atoms with Crippen molar-refractivity contribution in [2.45, 2.75) is 51.6 Å². The summed E-state index contributed by atoms with van der Waals surface area (Å²) in [6, 6.07) is 10.9. The lowest BCUT2D eigenvalue weighted by molar-refractivity contribution is -0.141. The van der Waals surface area contributed by atoms with Crippen molar-refractivity contribution in [1.29, 1.82) is 0 Å². The number of benzene rings is 2. The molecule has 2 fully saturated rings. The van der Waals surface area contributed by atoms with E-state index < -0.39 is 17.7 Å². The highest BCUT2D eigenvalue weighted by molar-refractivity contribution is 6.47. The average molecular weight is 445 g/mol. The number of methoxy groups -OCH3 is 1. The van der Waals surface area contributed by atoms with E-state index in [1.54, 1.807) is 18.1 Å². The molecule has 6 nitrogen and oxygen atoms in total. The highest BCUT2D eigenvalue weighted by Crippen LogP contribution is 2.46. The van der Waals surface area contributed by atoms with Gasteiger partial charge in [0.05, 0.1) is 24.3 Å². The van der Waals surface area contributed by atoms with Crippen LogP contribution in [0.2, 0.25) is 0 Å². The first kappa shape index (κ1) is 21.3. The predicted molar refractivity (Wildman–Crippen MR) is 127 cm³/mol. The maximum absolute atomic E-state index is 13.4. The van der Waals surface area contributed by atoms with E-state index in [-0.39, 0.29) is 17.4 Å². The number of amides is 1. The Morgan fingerprint density at radius 3 is 2.58 bits per heavy atom. The molecule has 1 atom stereocenters. The summed E-state index contributed by atoms with van der Waals surface area (Å²) in [6.07, 6.45) is 5.63. The molecule has 1 saturated heterocycles. The molecule has 2 aromatic carbocycles. The number of aromatic nitrogens is 1. The van der Waals surface area contributed by atoms with E-state index in [0.717, 1.165) is 53.3 Å². The lowest BCUT2D eigenvalue weighted by atomic mass is 9.93. The number of carbonyl (C=O) groups excluding carboxylic acids is 2. The van der Waals surface area contributed by atoms with Gasteiger partial charge in [0, 0.05) is 28.7 Å². The van der Waals surface area contributed by atoms with Crippen LogP contribution >= 0.6 is 0 Å². The smallest absolute Gasteiger partial charge is 0.295 e. The Labute approximate surface area is 192 Å². The van der Waals surface area contributed by atoms with Gasteiger partial charge in [-0.05, 0) is 49.9 Å². The minimum Gasteiger partial charge on any atom is -0.507 e. The lowest BCUT2D eigenvalue weighted by Crippen LogP contribution is -2.37. The normalized spacial score (nSPS) is 20.8. The predicted octanol–water partition coefficient (Wildman–Crippen LogP) is 5.16. The number of Topliss-reactive ketones (excluding diaryl/α,β-unsaturated/α-hetero) is 1. The molecule has 0 bridgehead atoms. The molecule has 2 aliphatic rings. The summed E-state index contributed by atoms with van der Waals surface area (Å²) in [7, 11) is 1.54. The lowest BCUT2D eigenvalue weighted by Gasteiger charge is -2.30. The topological polar surface area (TPSA) is 82.6 Å². The fourth-order valence-corrected chi connectivity index (χ4v) is 5.58. The Morgan fingerprint density at radius 2 is 1.85 bits per heavy atom. The molecule has 1 unspecified atom stereocenters. The molecule has 2 N–H and O–H groups in total. The first-order valence-corrected chi connectivity index (χ1v) is 11.4. The number of ketones is 1. The van der Waals surface area contributed by atoms with Gasteiger partial charge in [-0.3, -0.25) is 9.59 Å². The molecule has 5 rings (SSSR count). The van der Waals surface area contributed by atoms with Gasteiger partial charge in [-0.25, -0.2) is 0 Å². The van der Waals surface area contributed by atoms with E-state index in [1.165, 1.54) is 0 Å². The summed E-state index contributed by atoms with van der Waals surface area (Å²) >= 11 is 0. The molecule has 1 amide bonds. The number of ether oxygens (including phenoxy) is 1. The molecular weight excluding hydrogens is 416 g/mol. The monoisotopic (exact) mass is 444 g/mol. The number of hydrogen-bond donors (Lipinski definition) is 2. The molecule has 2 heterocycles. The van der Waals surface area contributed by atoms with Gasteiger partial charge in [0.15, 0.2) is 0 Å². The minimum atomic E-state index is -0.658. The molecule has 1 aromatic heterocycles. The summed E-state index contributed by atoms with van der Waals surface area (Å²) in [6.45, 7) is 3.83. The third-order valence-corrected chi connectivity index (χ3v) is 6.99. The number of likely N-dealkylation sites (tertiary alicyclic amines) is 1. The van der Waals surface area contributed by atoms with E-state index in [4.69, 9.17) is 4.74 Å². The number of H-pyrrole nitrogens is 1.